The van der Waals surface area contributed by atoms with E-state index >= 15 is 0 Å². The van der Waals surface area contributed by atoms with Gasteiger partial charge in [-0.3, -0.25) is 9.78 Å². The summed E-state index contributed by atoms with van der Waals surface area (Å²) in [7, 11) is 0. The van der Waals surface area contributed by atoms with Crippen LogP contribution < -0.4 is 0 Å². The van der Waals surface area contributed by atoms with Gasteiger partial charge in [0.2, 0.25) is 0 Å². The highest BCUT2D eigenvalue weighted by atomic mass is 16.3. The zero-order valence-corrected chi connectivity index (χ0v) is 14.1. The lowest BCUT2D eigenvalue weighted by Gasteiger charge is -2.33. The molecule has 1 amide bonds. The Morgan fingerprint density at radius 1 is 1.38 bits per heavy atom. The van der Waals surface area contributed by atoms with Crippen LogP contribution in [0.2, 0.25) is 0 Å². The highest BCUT2D eigenvalue weighted by molar-refractivity contribution is 5.93. The lowest BCUT2D eigenvalue weighted by Crippen LogP contribution is -2.40. The Bertz CT molecular complexity index is 748. The first-order valence-corrected chi connectivity index (χ1v) is 8.24. The normalized spacial score (nSPS) is 17.8. The molecule has 0 aliphatic carbocycles. The van der Waals surface area contributed by atoms with Crippen molar-refractivity contribution in [2.75, 3.05) is 13.1 Å². The fraction of sp³-hybridized carbons (Fsp3) is 0.444. The Labute approximate surface area is 141 Å². The molecule has 126 valence electrons. The van der Waals surface area contributed by atoms with E-state index in [-0.39, 0.29) is 18.4 Å². The number of nitrogens with zero attached hydrogens (tertiary/aromatic N) is 4. The van der Waals surface area contributed by atoms with Gasteiger partial charge in [0.25, 0.3) is 5.91 Å². The van der Waals surface area contributed by atoms with Gasteiger partial charge in [-0.05, 0) is 38.3 Å². The number of aryl methyl sites for hydroxylation is 2. The molecule has 1 aliphatic rings. The molecule has 1 aliphatic heterocycles. The van der Waals surface area contributed by atoms with Crippen LogP contribution in [0.15, 0.2) is 24.5 Å². The molecule has 0 aromatic carbocycles. The number of carbonyl (C=O) groups is 1. The zero-order chi connectivity index (χ0) is 17.1. The minimum Gasteiger partial charge on any atom is -0.392 e. The van der Waals surface area contributed by atoms with Gasteiger partial charge in [-0.15, -0.1) is 0 Å². The molecule has 1 atom stereocenters. The van der Waals surface area contributed by atoms with Gasteiger partial charge in [-0.25, -0.2) is 9.97 Å². The summed E-state index contributed by atoms with van der Waals surface area (Å²) in [6.07, 6.45) is 5.20. The summed E-state index contributed by atoms with van der Waals surface area (Å²) >= 11 is 0. The summed E-state index contributed by atoms with van der Waals surface area (Å²) in [5.74, 6) is 0.774. The first kappa shape index (κ1) is 16.5. The molecule has 1 saturated heterocycles. The molecule has 0 spiro atoms. The van der Waals surface area contributed by atoms with E-state index in [0.717, 1.165) is 36.2 Å². The molecule has 24 heavy (non-hydrogen) atoms. The van der Waals surface area contributed by atoms with E-state index in [2.05, 4.69) is 15.0 Å². The molecule has 0 saturated carbocycles. The predicted octanol–water partition coefficient (Wildman–Crippen LogP) is 2.00. The van der Waals surface area contributed by atoms with Crippen LogP contribution in [-0.2, 0) is 6.61 Å². The molecule has 3 rings (SSSR count). The predicted molar refractivity (Wildman–Crippen MR) is 89.5 cm³/mol. The van der Waals surface area contributed by atoms with Crippen molar-refractivity contribution in [1.29, 1.82) is 0 Å². The second-order valence-corrected chi connectivity index (χ2v) is 6.25. The van der Waals surface area contributed by atoms with Crippen LogP contribution in [-0.4, -0.2) is 44.0 Å². The fourth-order valence-corrected chi connectivity index (χ4v) is 3.23. The van der Waals surface area contributed by atoms with Gasteiger partial charge in [0.15, 0.2) is 0 Å². The molecule has 1 unspecified atom stereocenters. The first-order valence-electron chi connectivity index (χ1n) is 8.24. The van der Waals surface area contributed by atoms with Crippen molar-refractivity contribution >= 4 is 5.91 Å². The average molecular weight is 326 g/mol. The van der Waals surface area contributed by atoms with Gasteiger partial charge < -0.3 is 10.0 Å². The van der Waals surface area contributed by atoms with E-state index in [4.69, 9.17) is 0 Å². The quantitative estimate of drug-likeness (QED) is 0.933. The highest BCUT2D eigenvalue weighted by Gasteiger charge is 2.29. The number of aromatic nitrogens is 3. The lowest BCUT2D eigenvalue weighted by atomic mass is 9.91. The minimum absolute atomic E-state index is 0.0332. The van der Waals surface area contributed by atoms with Crippen molar-refractivity contribution in [2.45, 2.75) is 39.2 Å². The van der Waals surface area contributed by atoms with Gasteiger partial charge in [0, 0.05) is 37.0 Å². The van der Waals surface area contributed by atoms with Gasteiger partial charge in [0.05, 0.1) is 12.3 Å². The number of likely N-dealkylation sites (tertiary alicyclic amines) is 1. The maximum absolute atomic E-state index is 12.8. The summed E-state index contributed by atoms with van der Waals surface area (Å²) < 4.78 is 0. The van der Waals surface area contributed by atoms with Crippen LogP contribution in [0.25, 0.3) is 0 Å². The summed E-state index contributed by atoms with van der Waals surface area (Å²) in [6.45, 7) is 4.98. The molecule has 0 radical (unpaired) electrons. The smallest absolute Gasteiger partial charge is 0.272 e. The van der Waals surface area contributed by atoms with Crippen LogP contribution in [0.1, 0.15) is 51.9 Å². The van der Waals surface area contributed by atoms with Crippen molar-refractivity contribution < 1.29 is 9.90 Å². The van der Waals surface area contributed by atoms with Gasteiger partial charge >= 0.3 is 0 Å². The van der Waals surface area contributed by atoms with Crippen molar-refractivity contribution in [2.24, 2.45) is 0 Å². The fourth-order valence-electron chi connectivity index (χ4n) is 3.23. The van der Waals surface area contributed by atoms with Crippen LogP contribution >= 0.6 is 0 Å². The van der Waals surface area contributed by atoms with Crippen molar-refractivity contribution in [3.8, 4) is 0 Å². The average Bonchev–Trinajstić information content (AvgIpc) is 2.61. The minimum atomic E-state index is -0.0839. The molecule has 6 heteroatoms. The summed E-state index contributed by atoms with van der Waals surface area (Å²) in [5.41, 5.74) is 3.01. The highest BCUT2D eigenvalue weighted by Crippen LogP contribution is 2.28. The number of hydrogen-bond donors (Lipinski definition) is 1. The molecular weight excluding hydrogens is 304 g/mol. The molecule has 6 nitrogen and oxygen atoms in total. The third kappa shape index (κ3) is 3.28. The topological polar surface area (TPSA) is 79.2 Å². The van der Waals surface area contributed by atoms with Crippen molar-refractivity contribution in [3.05, 3.63) is 52.9 Å². The van der Waals surface area contributed by atoms with Crippen molar-refractivity contribution in [3.63, 3.8) is 0 Å². The number of amides is 1. The third-order valence-electron chi connectivity index (χ3n) is 4.50. The monoisotopic (exact) mass is 326 g/mol. The zero-order valence-electron chi connectivity index (χ0n) is 14.1. The largest absolute Gasteiger partial charge is 0.392 e. The molecule has 0 bridgehead atoms. The van der Waals surface area contributed by atoms with E-state index in [0.29, 0.717) is 18.1 Å². The SMILES string of the molecule is Cc1ncc(CO)c(C2CCCN(C(=O)c3ncccc3C)C2)n1. The Morgan fingerprint density at radius 3 is 2.96 bits per heavy atom. The summed E-state index contributed by atoms with van der Waals surface area (Å²) in [6, 6.07) is 3.74. The van der Waals surface area contributed by atoms with E-state index in [9.17, 15) is 9.90 Å². The molecule has 2 aromatic heterocycles. The molecular formula is C18H22N4O2. The number of aliphatic hydroxyl groups is 1. The number of hydrogen-bond acceptors (Lipinski definition) is 5. The van der Waals surface area contributed by atoms with Crippen LogP contribution in [0, 0.1) is 13.8 Å². The number of aliphatic hydroxyl groups excluding tert-OH is 1. The van der Waals surface area contributed by atoms with E-state index < -0.39 is 0 Å². The van der Waals surface area contributed by atoms with Gasteiger partial charge in [0.1, 0.15) is 11.5 Å². The summed E-state index contributed by atoms with van der Waals surface area (Å²) in [5, 5.41) is 9.56. The molecule has 1 N–H and O–H groups in total. The Kier molecular flexibility index (Phi) is 4.85. The standard InChI is InChI=1S/C18H22N4O2/c1-12-5-3-7-19-16(12)18(24)22-8-4-6-14(10-22)17-15(11-23)9-20-13(2)21-17/h3,5,7,9,14,23H,4,6,8,10-11H2,1-2H3. The third-order valence-corrected chi connectivity index (χ3v) is 4.50. The van der Waals surface area contributed by atoms with Gasteiger partial charge in [-0.1, -0.05) is 6.07 Å². The van der Waals surface area contributed by atoms with Crippen LogP contribution in [0.4, 0.5) is 0 Å². The molecule has 2 aromatic rings. The van der Waals surface area contributed by atoms with Crippen LogP contribution in [0.5, 0.6) is 0 Å². The van der Waals surface area contributed by atoms with E-state index in [1.807, 2.05) is 30.9 Å². The second kappa shape index (κ2) is 7.05. The number of piperidine rings is 1. The Balaban J connectivity index is 1.84. The van der Waals surface area contributed by atoms with Gasteiger partial charge in [-0.2, -0.15) is 0 Å². The Hall–Kier alpha value is -2.34. The maximum Gasteiger partial charge on any atom is 0.272 e. The molecule has 1 fully saturated rings. The lowest BCUT2D eigenvalue weighted by molar-refractivity contribution is 0.0698. The summed E-state index contributed by atoms with van der Waals surface area (Å²) in [4.78, 5) is 27.6. The second-order valence-electron chi connectivity index (χ2n) is 6.25. The van der Waals surface area contributed by atoms with Crippen molar-refractivity contribution in [1.82, 2.24) is 19.9 Å². The van der Waals surface area contributed by atoms with E-state index in [1.165, 1.54) is 0 Å². The van der Waals surface area contributed by atoms with E-state index in [1.54, 1.807) is 12.4 Å². The van der Waals surface area contributed by atoms with Crippen LogP contribution in [0.3, 0.4) is 0 Å². The maximum atomic E-state index is 12.8. The number of pyridine rings is 1. The molecule has 3 heterocycles. The Morgan fingerprint density at radius 2 is 2.21 bits per heavy atom. The first-order chi connectivity index (χ1) is 11.6. The number of carbonyl (C=O) groups excluding carboxylic acids is 1. The number of rotatable bonds is 3.